The van der Waals surface area contributed by atoms with E-state index in [9.17, 15) is 14.7 Å². The number of esters is 2. The molecule has 0 unspecified atom stereocenters. The molecule has 0 atom stereocenters. The number of carbonyl (C=O) groups is 2. The number of carbonyl (C=O) groups excluding carboxylic acids is 2. The van der Waals surface area contributed by atoms with Crippen molar-refractivity contribution in [1.82, 2.24) is 0 Å². The van der Waals surface area contributed by atoms with Gasteiger partial charge in [0.25, 0.3) is 0 Å². The van der Waals surface area contributed by atoms with Crippen LogP contribution in [0.1, 0.15) is 38.5 Å². The molecule has 0 heterocycles. The van der Waals surface area contributed by atoms with Crippen molar-refractivity contribution in [3.05, 3.63) is 12.7 Å². The molecule has 0 aliphatic heterocycles. The quantitative estimate of drug-likeness (QED) is 0.432. The van der Waals surface area contributed by atoms with Crippen molar-refractivity contribution in [3.63, 3.8) is 0 Å². The lowest BCUT2D eigenvalue weighted by atomic mass is 9.87. The Bertz CT molecular complexity index is 305. The summed E-state index contributed by atoms with van der Waals surface area (Å²) in [7, 11) is 0. The number of hydrogen-bond acceptors (Lipinski definition) is 5. The largest absolute Gasteiger partial charge is 0.465 e. The molecule has 1 saturated carbocycles. The maximum absolute atomic E-state index is 11.7. The van der Waals surface area contributed by atoms with Gasteiger partial charge in [0, 0.05) is 6.08 Å². The number of rotatable bonds is 7. The smallest absolute Gasteiger partial charge is 0.330 e. The van der Waals surface area contributed by atoms with Gasteiger partial charge in [-0.2, -0.15) is 0 Å². The van der Waals surface area contributed by atoms with Crippen molar-refractivity contribution < 1.29 is 24.2 Å². The summed E-state index contributed by atoms with van der Waals surface area (Å²) in [6.45, 7) is 3.96. The lowest BCUT2D eigenvalue weighted by Gasteiger charge is -2.23. The van der Waals surface area contributed by atoms with E-state index < -0.39 is 5.97 Å². The summed E-state index contributed by atoms with van der Waals surface area (Å²) in [5.74, 6) is -0.672. The standard InChI is InChI=1S/C14H22O5/c1-2-13(16)18-9-3-4-10-19-14(17)11-5-7-12(15)8-6-11/h2,11-12,15H,1,3-10H2. The van der Waals surface area contributed by atoms with Gasteiger partial charge in [-0.1, -0.05) is 6.58 Å². The number of hydrogen-bond donors (Lipinski definition) is 1. The molecule has 0 aromatic rings. The minimum atomic E-state index is -0.433. The first-order valence-electron chi connectivity index (χ1n) is 6.77. The number of aliphatic hydroxyl groups excluding tert-OH is 1. The Labute approximate surface area is 113 Å². The van der Waals surface area contributed by atoms with E-state index in [1.807, 2.05) is 0 Å². The predicted molar refractivity (Wildman–Crippen MR) is 69.3 cm³/mol. The Morgan fingerprint density at radius 2 is 1.68 bits per heavy atom. The molecule has 1 rings (SSSR count). The molecule has 0 amide bonds. The van der Waals surface area contributed by atoms with E-state index in [2.05, 4.69) is 6.58 Å². The molecule has 108 valence electrons. The zero-order chi connectivity index (χ0) is 14.1. The van der Waals surface area contributed by atoms with Crippen LogP contribution in [0.3, 0.4) is 0 Å². The minimum Gasteiger partial charge on any atom is -0.465 e. The molecule has 0 saturated heterocycles. The molecule has 5 nitrogen and oxygen atoms in total. The summed E-state index contributed by atoms with van der Waals surface area (Å²) in [4.78, 5) is 22.4. The first kappa shape index (κ1) is 15.7. The third-order valence-corrected chi connectivity index (χ3v) is 3.22. The Balaban J connectivity index is 2.01. The van der Waals surface area contributed by atoms with Crippen LogP contribution < -0.4 is 0 Å². The van der Waals surface area contributed by atoms with Crippen molar-refractivity contribution >= 4 is 11.9 Å². The maximum atomic E-state index is 11.7. The fraction of sp³-hybridized carbons (Fsp3) is 0.714. The van der Waals surface area contributed by atoms with Crippen molar-refractivity contribution in [2.24, 2.45) is 5.92 Å². The van der Waals surface area contributed by atoms with Gasteiger partial charge >= 0.3 is 11.9 Å². The van der Waals surface area contributed by atoms with Crippen molar-refractivity contribution in [3.8, 4) is 0 Å². The van der Waals surface area contributed by atoms with Crippen LogP contribution in [0.25, 0.3) is 0 Å². The Morgan fingerprint density at radius 1 is 1.11 bits per heavy atom. The average molecular weight is 270 g/mol. The van der Waals surface area contributed by atoms with Gasteiger partial charge in [-0.05, 0) is 38.5 Å². The van der Waals surface area contributed by atoms with Gasteiger partial charge in [-0.15, -0.1) is 0 Å². The van der Waals surface area contributed by atoms with E-state index in [1.54, 1.807) is 0 Å². The second kappa shape index (κ2) is 8.69. The van der Waals surface area contributed by atoms with E-state index in [-0.39, 0.29) is 18.0 Å². The molecule has 19 heavy (non-hydrogen) atoms. The van der Waals surface area contributed by atoms with Crippen LogP contribution in [0.2, 0.25) is 0 Å². The van der Waals surface area contributed by atoms with E-state index in [4.69, 9.17) is 9.47 Å². The first-order chi connectivity index (χ1) is 9.13. The van der Waals surface area contributed by atoms with Gasteiger partial charge < -0.3 is 14.6 Å². The number of ether oxygens (including phenoxy) is 2. The van der Waals surface area contributed by atoms with E-state index >= 15 is 0 Å². The van der Waals surface area contributed by atoms with Crippen LogP contribution in [0, 0.1) is 5.92 Å². The molecule has 1 aliphatic carbocycles. The summed E-state index contributed by atoms with van der Waals surface area (Å²) >= 11 is 0. The SMILES string of the molecule is C=CC(=O)OCCCCOC(=O)C1CCC(O)CC1. The molecule has 0 spiro atoms. The third-order valence-electron chi connectivity index (χ3n) is 3.22. The highest BCUT2D eigenvalue weighted by Crippen LogP contribution is 2.25. The zero-order valence-electron chi connectivity index (χ0n) is 11.2. The van der Waals surface area contributed by atoms with E-state index in [0.29, 0.717) is 51.7 Å². The predicted octanol–water partition coefficient (Wildman–Crippen LogP) is 1.59. The highest BCUT2D eigenvalue weighted by molar-refractivity contribution is 5.81. The van der Waals surface area contributed by atoms with Gasteiger partial charge in [-0.25, -0.2) is 4.79 Å². The zero-order valence-corrected chi connectivity index (χ0v) is 11.2. The highest BCUT2D eigenvalue weighted by atomic mass is 16.5. The molecule has 1 fully saturated rings. The molecule has 0 aromatic heterocycles. The van der Waals surface area contributed by atoms with Crippen molar-refractivity contribution in [2.45, 2.75) is 44.6 Å². The van der Waals surface area contributed by atoms with Gasteiger partial charge in [0.1, 0.15) is 0 Å². The van der Waals surface area contributed by atoms with Crippen LogP contribution in [0.4, 0.5) is 0 Å². The molecule has 0 aromatic carbocycles. The fourth-order valence-corrected chi connectivity index (χ4v) is 2.04. The lowest BCUT2D eigenvalue weighted by Crippen LogP contribution is -2.26. The van der Waals surface area contributed by atoms with Crippen molar-refractivity contribution in [2.75, 3.05) is 13.2 Å². The highest BCUT2D eigenvalue weighted by Gasteiger charge is 2.26. The third kappa shape index (κ3) is 6.38. The van der Waals surface area contributed by atoms with Crippen LogP contribution >= 0.6 is 0 Å². The van der Waals surface area contributed by atoms with Crippen molar-refractivity contribution in [1.29, 1.82) is 0 Å². The molecule has 1 N–H and O–H groups in total. The topological polar surface area (TPSA) is 72.8 Å². The molecule has 0 radical (unpaired) electrons. The normalized spacial score (nSPS) is 22.6. The number of unbranched alkanes of at least 4 members (excludes halogenated alkanes) is 1. The van der Waals surface area contributed by atoms with E-state index in [1.165, 1.54) is 0 Å². The molecule has 0 bridgehead atoms. The molecule has 5 heteroatoms. The van der Waals surface area contributed by atoms with E-state index in [0.717, 1.165) is 6.08 Å². The fourth-order valence-electron chi connectivity index (χ4n) is 2.04. The van der Waals surface area contributed by atoms with Crippen LogP contribution in [0.5, 0.6) is 0 Å². The van der Waals surface area contributed by atoms with Crippen LogP contribution in [-0.2, 0) is 19.1 Å². The average Bonchev–Trinajstić information content (AvgIpc) is 2.42. The van der Waals surface area contributed by atoms with Gasteiger partial charge in [0.05, 0.1) is 25.2 Å². The second-order valence-corrected chi connectivity index (χ2v) is 4.75. The molecule has 1 aliphatic rings. The second-order valence-electron chi connectivity index (χ2n) is 4.75. The number of aliphatic hydroxyl groups is 1. The van der Waals surface area contributed by atoms with Crippen LogP contribution in [0.15, 0.2) is 12.7 Å². The van der Waals surface area contributed by atoms with Crippen LogP contribution in [-0.4, -0.2) is 36.4 Å². The Hall–Kier alpha value is -1.36. The monoisotopic (exact) mass is 270 g/mol. The van der Waals surface area contributed by atoms with Gasteiger partial charge in [0.15, 0.2) is 0 Å². The summed E-state index contributed by atoms with van der Waals surface area (Å²) in [5, 5.41) is 9.35. The molecular formula is C14H22O5. The summed E-state index contributed by atoms with van der Waals surface area (Å²) in [6.07, 6.45) is 4.96. The summed E-state index contributed by atoms with van der Waals surface area (Å²) < 4.78 is 9.97. The first-order valence-corrected chi connectivity index (χ1v) is 6.77. The molecular weight excluding hydrogens is 248 g/mol. The maximum Gasteiger partial charge on any atom is 0.330 e. The summed E-state index contributed by atoms with van der Waals surface area (Å²) in [6, 6.07) is 0. The van der Waals surface area contributed by atoms with Gasteiger partial charge in [-0.3, -0.25) is 4.79 Å². The Kier molecular flexibility index (Phi) is 7.18. The van der Waals surface area contributed by atoms with Gasteiger partial charge in [0.2, 0.25) is 0 Å². The summed E-state index contributed by atoms with van der Waals surface area (Å²) in [5.41, 5.74) is 0. The Morgan fingerprint density at radius 3 is 2.26 bits per heavy atom. The minimum absolute atomic E-state index is 0.0676. The lowest BCUT2D eigenvalue weighted by molar-refractivity contribution is -0.150.